The first-order chi connectivity index (χ1) is 6.79. The van der Waals surface area contributed by atoms with E-state index < -0.39 is 0 Å². The second-order valence-corrected chi connectivity index (χ2v) is 3.90. The number of hydrogen-bond donors (Lipinski definition) is 2. The first kappa shape index (κ1) is 11.3. The van der Waals surface area contributed by atoms with Crippen molar-refractivity contribution in [2.45, 2.75) is 45.1 Å². The average molecular weight is 198 g/mol. The molecule has 4 heteroatoms. The summed E-state index contributed by atoms with van der Waals surface area (Å²) < 4.78 is 0. The molecule has 82 valence electrons. The van der Waals surface area contributed by atoms with E-state index in [1.54, 1.807) is 0 Å². The third-order valence-electron chi connectivity index (χ3n) is 2.86. The lowest BCUT2D eigenvalue weighted by molar-refractivity contribution is 0.234. The van der Waals surface area contributed by atoms with Crippen LogP contribution in [0.5, 0.6) is 0 Å². The molecule has 1 saturated carbocycles. The van der Waals surface area contributed by atoms with Crippen LogP contribution in [-0.2, 0) is 0 Å². The van der Waals surface area contributed by atoms with Crippen molar-refractivity contribution >= 4 is 5.96 Å². The third-order valence-corrected chi connectivity index (χ3v) is 2.86. The highest BCUT2D eigenvalue weighted by atomic mass is 15.4. The molecule has 0 heterocycles. The van der Waals surface area contributed by atoms with Gasteiger partial charge in [-0.05, 0) is 25.7 Å². The number of aliphatic imine (C=N–C) groups is 1. The lowest BCUT2D eigenvalue weighted by Crippen LogP contribution is -2.49. The molecular formula is C10H22N4. The predicted molar refractivity (Wildman–Crippen MR) is 59.9 cm³/mol. The van der Waals surface area contributed by atoms with Gasteiger partial charge in [-0.15, -0.1) is 0 Å². The Morgan fingerprint density at radius 3 is 2.71 bits per heavy atom. The van der Waals surface area contributed by atoms with Gasteiger partial charge in [0.25, 0.3) is 0 Å². The van der Waals surface area contributed by atoms with Gasteiger partial charge in [-0.2, -0.15) is 0 Å². The quantitative estimate of drug-likeness (QED) is 0.234. The van der Waals surface area contributed by atoms with Gasteiger partial charge in [0.1, 0.15) is 0 Å². The second kappa shape index (κ2) is 5.86. The lowest BCUT2D eigenvalue weighted by Gasteiger charge is -2.36. The first-order valence-corrected chi connectivity index (χ1v) is 5.53. The van der Waals surface area contributed by atoms with Crippen LogP contribution in [0.4, 0.5) is 0 Å². The summed E-state index contributed by atoms with van der Waals surface area (Å²) in [5.74, 6) is 6.29. The molecule has 3 N–H and O–H groups in total. The minimum atomic E-state index is 0.645. The Morgan fingerprint density at radius 1 is 1.57 bits per heavy atom. The fourth-order valence-electron chi connectivity index (χ4n) is 1.55. The largest absolute Gasteiger partial charge is 0.342 e. The summed E-state index contributed by atoms with van der Waals surface area (Å²) in [6.45, 7) is 3.04. The van der Waals surface area contributed by atoms with Gasteiger partial charge >= 0.3 is 0 Å². The number of guanidine groups is 1. The van der Waals surface area contributed by atoms with Gasteiger partial charge in [0.2, 0.25) is 5.96 Å². The fraction of sp³-hybridized carbons (Fsp3) is 0.900. The molecule has 0 radical (unpaired) electrons. The van der Waals surface area contributed by atoms with Crippen molar-refractivity contribution in [2.24, 2.45) is 10.8 Å². The minimum Gasteiger partial charge on any atom is -0.342 e. The van der Waals surface area contributed by atoms with Crippen molar-refractivity contribution in [3.05, 3.63) is 0 Å². The van der Waals surface area contributed by atoms with Crippen LogP contribution < -0.4 is 11.3 Å². The van der Waals surface area contributed by atoms with Crippen molar-refractivity contribution in [3.8, 4) is 0 Å². The maximum absolute atomic E-state index is 5.45. The Morgan fingerprint density at radius 2 is 2.29 bits per heavy atom. The number of hydrogen-bond acceptors (Lipinski definition) is 2. The molecule has 0 bridgehead atoms. The molecule has 1 fully saturated rings. The highest BCUT2D eigenvalue weighted by Crippen LogP contribution is 2.23. The number of unbranched alkanes of at least 4 members (excludes halogenated alkanes) is 1. The number of hydrazine groups is 1. The maximum Gasteiger partial charge on any atom is 0.208 e. The van der Waals surface area contributed by atoms with Crippen molar-refractivity contribution < 1.29 is 0 Å². The fourth-order valence-corrected chi connectivity index (χ4v) is 1.55. The normalized spacial score (nSPS) is 17.8. The summed E-state index contributed by atoms with van der Waals surface area (Å²) >= 11 is 0. The molecule has 0 unspecified atom stereocenters. The van der Waals surface area contributed by atoms with Crippen LogP contribution in [0.2, 0.25) is 0 Å². The summed E-state index contributed by atoms with van der Waals surface area (Å²) in [4.78, 5) is 6.61. The first-order valence-electron chi connectivity index (χ1n) is 5.53. The van der Waals surface area contributed by atoms with Gasteiger partial charge in [-0.25, -0.2) is 5.84 Å². The van der Waals surface area contributed by atoms with Gasteiger partial charge in [0.05, 0.1) is 0 Å². The number of nitrogens with zero attached hydrogens (tertiary/aromatic N) is 2. The topological polar surface area (TPSA) is 53.6 Å². The molecule has 4 nitrogen and oxygen atoms in total. The van der Waals surface area contributed by atoms with Crippen molar-refractivity contribution in [1.82, 2.24) is 10.3 Å². The molecule has 0 aromatic rings. The van der Waals surface area contributed by atoms with E-state index in [0.29, 0.717) is 6.04 Å². The zero-order valence-electron chi connectivity index (χ0n) is 9.29. The molecule has 14 heavy (non-hydrogen) atoms. The Balaban J connectivity index is 2.38. The standard InChI is InChI=1S/C10H22N4/c1-3-4-8-12-10(13-11)14(2)9-6-5-7-9/h9H,3-8,11H2,1-2H3,(H,12,13). The van der Waals surface area contributed by atoms with E-state index in [9.17, 15) is 0 Å². The molecule has 0 amide bonds. The van der Waals surface area contributed by atoms with Crippen molar-refractivity contribution in [2.75, 3.05) is 13.6 Å². The van der Waals surface area contributed by atoms with Gasteiger partial charge in [0, 0.05) is 19.6 Å². The van der Waals surface area contributed by atoms with E-state index in [4.69, 9.17) is 5.84 Å². The van der Waals surface area contributed by atoms with Crippen molar-refractivity contribution in [3.63, 3.8) is 0 Å². The van der Waals surface area contributed by atoms with E-state index in [1.807, 2.05) is 0 Å². The molecule has 0 aliphatic heterocycles. The average Bonchev–Trinajstić information content (AvgIpc) is 2.09. The Labute approximate surface area is 86.5 Å². The molecule has 1 aliphatic carbocycles. The van der Waals surface area contributed by atoms with E-state index in [1.165, 1.54) is 25.7 Å². The Kier molecular flexibility index (Phi) is 4.73. The summed E-state index contributed by atoms with van der Waals surface area (Å²) in [6.07, 6.45) is 6.18. The zero-order valence-corrected chi connectivity index (χ0v) is 9.29. The highest BCUT2D eigenvalue weighted by Gasteiger charge is 2.23. The second-order valence-electron chi connectivity index (χ2n) is 3.90. The zero-order chi connectivity index (χ0) is 10.4. The van der Waals surface area contributed by atoms with Crippen LogP contribution in [0.15, 0.2) is 4.99 Å². The molecule has 1 aliphatic rings. The van der Waals surface area contributed by atoms with Crippen LogP contribution in [-0.4, -0.2) is 30.5 Å². The molecule has 0 aromatic carbocycles. The molecule has 0 atom stereocenters. The van der Waals surface area contributed by atoms with Crippen LogP contribution in [0.1, 0.15) is 39.0 Å². The SMILES string of the molecule is CCCCN=C(NN)N(C)C1CCC1. The molecule has 0 saturated heterocycles. The Bertz CT molecular complexity index is 187. The summed E-state index contributed by atoms with van der Waals surface area (Å²) in [6, 6.07) is 0.645. The van der Waals surface area contributed by atoms with Crippen molar-refractivity contribution in [1.29, 1.82) is 0 Å². The highest BCUT2D eigenvalue weighted by molar-refractivity contribution is 5.79. The number of rotatable bonds is 4. The molecular weight excluding hydrogens is 176 g/mol. The van der Waals surface area contributed by atoms with E-state index >= 15 is 0 Å². The van der Waals surface area contributed by atoms with Gasteiger partial charge in [0.15, 0.2) is 0 Å². The summed E-state index contributed by atoms with van der Waals surface area (Å²) in [7, 11) is 2.06. The summed E-state index contributed by atoms with van der Waals surface area (Å²) in [5.41, 5.74) is 2.69. The van der Waals surface area contributed by atoms with Gasteiger partial charge in [-0.3, -0.25) is 10.4 Å². The predicted octanol–water partition coefficient (Wildman–Crippen LogP) is 1.09. The number of nitrogens with two attached hydrogens (primary N) is 1. The minimum absolute atomic E-state index is 0.645. The Hall–Kier alpha value is -0.770. The van der Waals surface area contributed by atoms with Gasteiger partial charge in [-0.1, -0.05) is 13.3 Å². The molecule has 0 aromatic heterocycles. The maximum atomic E-state index is 5.45. The van der Waals surface area contributed by atoms with Crippen LogP contribution in [0, 0.1) is 0 Å². The van der Waals surface area contributed by atoms with E-state index in [-0.39, 0.29) is 0 Å². The summed E-state index contributed by atoms with van der Waals surface area (Å²) in [5, 5.41) is 0. The van der Waals surface area contributed by atoms with Gasteiger partial charge < -0.3 is 4.90 Å². The van der Waals surface area contributed by atoms with Crippen LogP contribution >= 0.6 is 0 Å². The van der Waals surface area contributed by atoms with E-state index in [2.05, 4.69) is 29.3 Å². The smallest absolute Gasteiger partial charge is 0.208 e. The molecule has 1 rings (SSSR count). The lowest BCUT2D eigenvalue weighted by atomic mass is 9.92. The van der Waals surface area contributed by atoms with E-state index in [0.717, 1.165) is 18.9 Å². The molecule has 0 spiro atoms. The monoisotopic (exact) mass is 198 g/mol. The number of nitrogens with one attached hydrogen (secondary N) is 1. The third kappa shape index (κ3) is 2.87. The van der Waals surface area contributed by atoms with Crippen LogP contribution in [0.25, 0.3) is 0 Å². The van der Waals surface area contributed by atoms with Crippen LogP contribution in [0.3, 0.4) is 0 Å².